The summed E-state index contributed by atoms with van der Waals surface area (Å²) in [6.45, 7) is 2.62. The van der Waals surface area contributed by atoms with Crippen LogP contribution in [0.1, 0.15) is 24.8 Å². The predicted molar refractivity (Wildman–Crippen MR) is 64.0 cm³/mol. The van der Waals surface area contributed by atoms with Crippen molar-refractivity contribution >= 4 is 21.7 Å². The summed E-state index contributed by atoms with van der Waals surface area (Å²) in [7, 11) is 0. The topological polar surface area (TPSA) is 45.1 Å². The summed E-state index contributed by atoms with van der Waals surface area (Å²) in [5.41, 5.74) is 0.649. The van der Waals surface area contributed by atoms with E-state index in [1.165, 1.54) is 0 Å². The van der Waals surface area contributed by atoms with Crippen LogP contribution in [0.3, 0.4) is 0 Å². The molecular weight excluding hydrogens is 256 g/mol. The quantitative estimate of drug-likeness (QED) is 0.887. The first-order valence-electron chi connectivity index (χ1n) is 5.17. The van der Waals surface area contributed by atoms with Crippen LogP contribution in [0.2, 0.25) is 0 Å². The molecule has 82 valence electrons. The van der Waals surface area contributed by atoms with Gasteiger partial charge < -0.3 is 10.4 Å². The monoisotopic (exact) mass is 270 g/mol. The Bertz CT molecular complexity index is 364. The molecule has 0 bridgehead atoms. The molecule has 4 heteroatoms. The van der Waals surface area contributed by atoms with Crippen molar-refractivity contribution in [1.82, 2.24) is 4.98 Å². The van der Waals surface area contributed by atoms with Crippen LogP contribution in [0, 0.1) is 6.92 Å². The summed E-state index contributed by atoms with van der Waals surface area (Å²) < 4.78 is 1.01. The van der Waals surface area contributed by atoms with E-state index in [0.717, 1.165) is 35.1 Å². The predicted octanol–water partition coefficient (Wildman–Crippen LogP) is 2.48. The fourth-order valence-electron chi connectivity index (χ4n) is 1.65. The molecule has 0 saturated heterocycles. The van der Waals surface area contributed by atoms with Crippen LogP contribution < -0.4 is 5.32 Å². The number of hydrogen-bond acceptors (Lipinski definition) is 3. The van der Waals surface area contributed by atoms with E-state index in [2.05, 4.69) is 26.2 Å². The van der Waals surface area contributed by atoms with Gasteiger partial charge in [-0.15, -0.1) is 0 Å². The van der Waals surface area contributed by atoms with Crippen LogP contribution in [-0.4, -0.2) is 22.2 Å². The normalized spacial score (nSPS) is 18.3. The largest absolute Gasteiger partial charge is 0.388 e. The van der Waals surface area contributed by atoms with E-state index in [-0.39, 0.29) is 0 Å². The first kappa shape index (κ1) is 10.9. The average molecular weight is 271 g/mol. The van der Waals surface area contributed by atoms with Crippen LogP contribution in [0.25, 0.3) is 0 Å². The lowest BCUT2D eigenvalue weighted by atomic mass is 9.80. The second-order valence-corrected chi connectivity index (χ2v) is 5.10. The molecule has 1 aliphatic carbocycles. The fourth-order valence-corrected chi connectivity index (χ4v) is 1.87. The lowest BCUT2D eigenvalue weighted by molar-refractivity contribution is -0.0202. The molecule has 1 aliphatic rings. The number of hydrogen-bond donors (Lipinski definition) is 2. The summed E-state index contributed by atoms with van der Waals surface area (Å²) >= 11 is 3.41. The van der Waals surface area contributed by atoms with Gasteiger partial charge in [-0.05, 0) is 53.7 Å². The van der Waals surface area contributed by atoms with Crippen molar-refractivity contribution in [3.05, 3.63) is 22.3 Å². The fraction of sp³-hybridized carbons (Fsp3) is 0.545. The lowest BCUT2D eigenvalue weighted by Crippen LogP contribution is -2.43. The molecule has 1 heterocycles. The van der Waals surface area contributed by atoms with Crippen molar-refractivity contribution in [1.29, 1.82) is 0 Å². The highest BCUT2D eigenvalue weighted by molar-refractivity contribution is 9.10. The van der Waals surface area contributed by atoms with E-state index in [1.807, 2.05) is 13.0 Å². The van der Waals surface area contributed by atoms with Gasteiger partial charge in [-0.2, -0.15) is 0 Å². The minimum atomic E-state index is -0.497. The molecule has 1 fully saturated rings. The van der Waals surface area contributed by atoms with E-state index in [9.17, 15) is 5.11 Å². The van der Waals surface area contributed by atoms with Crippen molar-refractivity contribution < 1.29 is 5.11 Å². The van der Waals surface area contributed by atoms with Gasteiger partial charge in [-0.3, -0.25) is 0 Å². The van der Waals surface area contributed by atoms with Gasteiger partial charge in [-0.25, -0.2) is 4.98 Å². The second-order valence-electron chi connectivity index (χ2n) is 4.25. The zero-order valence-corrected chi connectivity index (χ0v) is 10.3. The summed E-state index contributed by atoms with van der Waals surface area (Å²) in [6, 6.07) is 1.98. The summed E-state index contributed by atoms with van der Waals surface area (Å²) in [4.78, 5) is 4.23. The first-order valence-corrected chi connectivity index (χ1v) is 5.97. The van der Waals surface area contributed by atoms with Crippen molar-refractivity contribution in [2.75, 3.05) is 11.9 Å². The smallest absolute Gasteiger partial charge is 0.126 e. The minimum absolute atomic E-state index is 0.497. The third-order valence-corrected chi connectivity index (χ3v) is 3.76. The van der Waals surface area contributed by atoms with Crippen molar-refractivity contribution in [3.8, 4) is 0 Å². The third-order valence-electron chi connectivity index (χ3n) is 2.93. The SMILES string of the molecule is Cc1cc(NCC2(O)CCC2)ncc1Br. The van der Waals surface area contributed by atoms with Gasteiger partial charge in [0.15, 0.2) is 0 Å². The Labute approximate surface area is 98.0 Å². The van der Waals surface area contributed by atoms with Gasteiger partial charge in [0.1, 0.15) is 5.82 Å². The highest BCUT2D eigenvalue weighted by Crippen LogP contribution is 2.31. The Kier molecular flexibility index (Phi) is 2.98. The summed E-state index contributed by atoms with van der Waals surface area (Å²) in [6.07, 6.45) is 4.71. The van der Waals surface area contributed by atoms with E-state index in [4.69, 9.17) is 0 Å². The third kappa shape index (κ3) is 2.49. The van der Waals surface area contributed by atoms with E-state index in [0.29, 0.717) is 6.54 Å². The van der Waals surface area contributed by atoms with Crippen LogP contribution in [0.4, 0.5) is 5.82 Å². The Balaban J connectivity index is 1.96. The lowest BCUT2D eigenvalue weighted by Gasteiger charge is -2.36. The summed E-state index contributed by atoms with van der Waals surface area (Å²) in [5.74, 6) is 0.830. The van der Waals surface area contributed by atoms with Crippen LogP contribution in [0.15, 0.2) is 16.7 Å². The number of rotatable bonds is 3. The van der Waals surface area contributed by atoms with Crippen molar-refractivity contribution in [2.45, 2.75) is 31.8 Å². The second kappa shape index (κ2) is 4.10. The molecular formula is C11H15BrN2O. The molecule has 1 saturated carbocycles. The van der Waals surface area contributed by atoms with Crippen molar-refractivity contribution in [2.24, 2.45) is 0 Å². The maximum Gasteiger partial charge on any atom is 0.126 e. The van der Waals surface area contributed by atoms with E-state index < -0.39 is 5.60 Å². The molecule has 0 aromatic carbocycles. The van der Waals surface area contributed by atoms with Gasteiger partial charge in [0.25, 0.3) is 0 Å². The zero-order valence-electron chi connectivity index (χ0n) is 8.76. The number of aryl methyl sites for hydroxylation is 1. The molecule has 0 atom stereocenters. The Morgan fingerprint density at radius 1 is 1.60 bits per heavy atom. The van der Waals surface area contributed by atoms with Crippen LogP contribution in [0.5, 0.6) is 0 Å². The number of halogens is 1. The molecule has 0 aliphatic heterocycles. The Morgan fingerprint density at radius 3 is 2.87 bits per heavy atom. The highest BCUT2D eigenvalue weighted by Gasteiger charge is 2.33. The number of nitrogens with one attached hydrogen (secondary N) is 1. The van der Waals surface area contributed by atoms with Gasteiger partial charge in [0, 0.05) is 17.2 Å². The average Bonchev–Trinajstić information content (AvgIpc) is 2.17. The number of aromatic nitrogens is 1. The molecule has 15 heavy (non-hydrogen) atoms. The van der Waals surface area contributed by atoms with E-state index in [1.54, 1.807) is 6.20 Å². The van der Waals surface area contributed by atoms with Gasteiger partial charge >= 0.3 is 0 Å². The minimum Gasteiger partial charge on any atom is -0.388 e. The Morgan fingerprint density at radius 2 is 2.33 bits per heavy atom. The van der Waals surface area contributed by atoms with E-state index >= 15 is 0 Å². The molecule has 0 spiro atoms. The maximum absolute atomic E-state index is 9.90. The molecule has 1 aromatic rings. The number of aliphatic hydroxyl groups is 1. The first-order chi connectivity index (χ1) is 7.09. The number of nitrogens with zero attached hydrogens (tertiary/aromatic N) is 1. The highest BCUT2D eigenvalue weighted by atomic mass is 79.9. The van der Waals surface area contributed by atoms with Crippen LogP contribution >= 0.6 is 15.9 Å². The summed E-state index contributed by atoms with van der Waals surface area (Å²) in [5, 5.41) is 13.1. The van der Waals surface area contributed by atoms with Gasteiger partial charge in [-0.1, -0.05) is 0 Å². The number of pyridine rings is 1. The molecule has 3 nitrogen and oxygen atoms in total. The van der Waals surface area contributed by atoms with Gasteiger partial charge in [0.2, 0.25) is 0 Å². The molecule has 2 rings (SSSR count). The molecule has 0 amide bonds. The molecule has 1 aromatic heterocycles. The zero-order chi connectivity index (χ0) is 10.9. The maximum atomic E-state index is 9.90. The van der Waals surface area contributed by atoms with Crippen LogP contribution in [-0.2, 0) is 0 Å². The molecule has 2 N–H and O–H groups in total. The molecule has 0 unspecified atom stereocenters. The standard InChI is InChI=1S/C11H15BrN2O/c1-8-5-10(13-6-9(8)12)14-7-11(15)3-2-4-11/h5-6,15H,2-4,7H2,1H3,(H,13,14). The number of anilines is 1. The molecule has 0 radical (unpaired) electrons. The Hall–Kier alpha value is -0.610. The van der Waals surface area contributed by atoms with Gasteiger partial charge in [0.05, 0.1) is 5.60 Å². The van der Waals surface area contributed by atoms with Crippen molar-refractivity contribution in [3.63, 3.8) is 0 Å².